The van der Waals surface area contributed by atoms with E-state index in [-0.39, 0.29) is 5.56 Å². The topological polar surface area (TPSA) is 60.6 Å². The second kappa shape index (κ2) is 8.82. The number of pyridine rings is 1. The molecule has 0 aliphatic carbocycles. The number of H-pyrrole nitrogens is 1. The van der Waals surface area contributed by atoms with E-state index < -0.39 is 0 Å². The Morgan fingerprint density at radius 3 is 2.78 bits per heavy atom. The van der Waals surface area contributed by atoms with Crippen LogP contribution in [0.25, 0.3) is 10.9 Å². The fraction of sp³-hybridized carbons (Fsp3) is 0.500. The number of fused-ring (bicyclic) bond motifs is 1. The van der Waals surface area contributed by atoms with Gasteiger partial charge in [0, 0.05) is 38.8 Å². The fourth-order valence-electron chi connectivity index (χ4n) is 3.39. The number of thiocarbonyl (C=S) groups is 1. The van der Waals surface area contributed by atoms with Gasteiger partial charge in [0.1, 0.15) is 0 Å². The van der Waals surface area contributed by atoms with Crippen molar-refractivity contribution in [2.75, 3.05) is 46.4 Å². The van der Waals surface area contributed by atoms with Crippen LogP contribution >= 0.6 is 12.2 Å². The standard InChI is InChI=1S/C20H28N4O2S/c1-14-4-5-16-12-17(19(25)22-18(16)15(14)2)13-24(20(27)21-3)7-6-23-8-10-26-11-9-23/h4-5,12H,6-11,13H2,1-3H3,(H,21,27)(H,22,25). The average Bonchev–Trinajstić information content (AvgIpc) is 2.69. The molecule has 0 radical (unpaired) electrons. The van der Waals surface area contributed by atoms with Crippen LogP contribution in [-0.4, -0.2) is 66.3 Å². The molecule has 1 aliphatic heterocycles. The van der Waals surface area contributed by atoms with E-state index in [4.69, 9.17) is 17.0 Å². The maximum atomic E-state index is 12.7. The number of benzene rings is 1. The van der Waals surface area contributed by atoms with Crippen LogP contribution in [0, 0.1) is 13.8 Å². The van der Waals surface area contributed by atoms with Gasteiger partial charge in [-0.1, -0.05) is 12.1 Å². The van der Waals surface area contributed by atoms with E-state index in [9.17, 15) is 4.79 Å². The molecule has 2 aromatic rings. The van der Waals surface area contributed by atoms with Crippen molar-refractivity contribution in [3.05, 3.63) is 45.2 Å². The third-order valence-electron chi connectivity index (χ3n) is 5.28. The zero-order valence-corrected chi connectivity index (χ0v) is 17.1. The van der Waals surface area contributed by atoms with Crippen LogP contribution in [0.3, 0.4) is 0 Å². The first-order valence-corrected chi connectivity index (χ1v) is 9.79. The molecule has 146 valence electrons. The van der Waals surface area contributed by atoms with Crippen LogP contribution in [0.2, 0.25) is 0 Å². The Morgan fingerprint density at radius 1 is 1.33 bits per heavy atom. The lowest BCUT2D eigenvalue weighted by atomic mass is 10.0. The molecule has 2 heterocycles. The van der Waals surface area contributed by atoms with Crippen LogP contribution in [0.5, 0.6) is 0 Å². The molecule has 1 aromatic carbocycles. The zero-order valence-electron chi connectivity index (χ0n) is 16.3. The molecule has 0 bridgehead atoms. The molecule has 0 spiro atoms. The zero-order chi connectivity index (χ0) is 19.4. The van der Waals surface area contributed by atoms with Crippen molar-refractivity contribution in [3.63, 3.8) is 0 Å². The molecule has 7 heteroatoms. The number of hydrogen-bond acceptors (Lipinski definition) is 4. The minimum absolute atomic E-state index is 0.0496. The quantitative estimate of drug-likeness (QED) is 0.762. The second-order valence-corrected chi connectivity index (χ2v) is 7.41. The van der Waals surface area contributed by atoms with Crippen LogP contribution in [0.1, 0.15) is 16.7 Å². The van der Waals surface area contributed by atoms with Crippen molar-refractivity contribution in [1.29, 1.82) is 0 Å². The summed E-state index contributed by atoms with van der Waals surface area (Å²) in [4.78, 5) is 20.2. The van der Waals surface area contributed by atoms with Gasteiger partial charge >= 0.3 is 0 Å². The highest BCUT2D eigenvalue weighted by atomic mass is 32.1. The molecular weight excluding hydrogens is 360 g/mol. The highest BCUT2D eigenvalue weighted by Crippen LogP contribution is 2.19. The molecule has 0 atom stereocenters. The van der Waals surface area contributed by atoms with Gasteiger partial charge in [0.05, 0.1) is 25.3 Å². The summed E-state index contributed by atoms with van der Waals surface area (Å²) >= 11 is 5.48. The van der Waals surface area contributed by atoms with Crippen molar-refractivity contribution >= 4 is 28.2 Å². The average molecular weight is 389 g/mol. The summed E-state index contributed by atoms with van der Waals surface area (Å²) in [5.74, 6) is 0. The number of ether oxygens (including phenoxy) is 1. The molecule has 0 amide bonds. The highest BCUT2D eigenvalue weighted by Gasteiger charge is 2.16. The Bertz CT molecular complexity index is 874. The predicted molar refractivity (Wildman–Crippen MR) is 113 cm³/mol. The van der Waals surface area contributed by atoms with Gasteiger partial charge < -0.3 is 19.9 Å². The van der Waals surface area contributed by atoms with Gasteiger partial charge in [0.25, 0.3) is 5.56 Å². The highest BCUT2D eigenvalue weighted by molar-refractivity contribution is 7.80. The Morgan fingerprint density at radius 2 is 2.07 bits per heavy atom. The van der Waals surface area contributed by atoms with Gasteiger partial charge in [-0.15, -0.1) is 0 Å². The van der Waals surface area contributed by atoms with Gasteiger partial charge in [-0.05, 0) is 48.6 Å². The minimum atomic E-state index is -0.0496. The lowest BCUT2D eigenvalue weighted by Gasteiger charge is -2.31. The molecule has 0 unspecified atom stereocenters. The normalized spacial score (nSPS) is 15.1. The number of morpholine rings is 1. The summed E-state index contributed by atoms with van der Waals surface area (Å²) in [6.45, 7) is 9.68. The van der Waals surface area contributed by atoms with E-state index in [1.807, 2.05) is 20.0 Å². The van der Waals surface area contributed by atoms with Crippen LogP contribution in [0.15, 0.2) is 23.0 Å². The van der Waals surface area contributed by atoms with E-state index in [1.54, 1.807) is 0 Å². The number of nitrogens with zero attached hydrogens (tertiary/aromatic N) is 2. The van der Waals surface area contributed by atoms with Crippen LogP contribution in [0.4, 0.5) is 0 Å². The van der Waals surface area contributed by atoms with Gasteiger partial charge in [-0.2, -0.15) is 0 Å². The molecule has 0 saturated carbocycles. The van der Waals surface area contributed by atoms with E-state index in [2.05, 4.69) is 39.2 Å². The molecule has 2 N–H and O–H groups in total. The lowest BCUT2D eigenvalue weighted by Crippen LogP contribution is -2.45. The Kier molecular flexibility index (Phi) is 6.46. The molecule has 1 aliphatic rings. The number of nitrogens with one attached hydrogen (secondary N) is 2. The van der Waals surface area contributed by atoms with Crippen LogP contribution < -0.4 is 10.9 Å². The first kappa shape index (κ1) is 19.8. The molecule has 1 fully saturated rings. The molecule has 1 saturated heterocycles. The molecular formula is C20H28N4O2S. The number of aromatic amines is 1. The molecule has 27 heavy (non-hydrogen) atoms. The molecule has 6 nitrogen and oxygen atoms in total. The third-order valence-corrected chi connectivity index (χ3v) is 5.74. The largest absolute Gasteiger partial charge is 0.379 e. The third kappa shape index (κ3) is 4.66. The Labute approximate surface area is 165 Å². The fourth-order valence-corrected chi connectivity index (χ4v) is 3.55. The predicted octanol–water partition coefficient (Wildman–Crippen LogP) is 1.78. The maximum absolute atomic E-state index is 12.7. The summed E-state index contributed by atoms with van der Waals surface area (Å²) in [7, 11) is 1.82. The number of rotatable bonds is 5. The van der Waals surface area contributed by atoms with Gasteiger partial charge in [0.2, 0.25) is 0 Å². The summed E-state index contributed by atoms with van der Waals surface area (Å²) in [5, 5.41) is 4.76. The monoisotopic (exact) mass is 388 g/mol. The van der Waals surface area contributed by atoms with Crippen molar-refractivity contribution in [3.8, 4) is 0 Å². The van der Waals surface area contributed by atoms with Crippen molar-refractivity contribution in [2.45, 2.75) is 20.4 Å². The summed E-state index contributed by atoms with van der Waals surface area (Å²) in [6.07, 6.45) is 0. The first-order chi connectivity index (χ1) is 13.0. The van der Waals surface area contributed by atoms with Crippen LogP contribution in [-0.2, 0) is 11.3 Å². The SMILES string of the molecule is CNC(=S)N(CCN1CCOCC1)Cc1cc2ccc(C)c(C)c2[nH]c1=O. The smallest absolute Gasteiger partial charge is 0.253 e. The van der Waals surface area contributed by atoms with Gasteiger partial charge in [-0.25, -0.2) is 0 Å². The van der Waals surface area contributed by atoms with Crippen molar-refractivity contribution in [2.24, 2.45) is 0 Å². The number of hydrogen-bond donors (Lipinski definition) is 2. The number of aryl methyl sites for hydroxylation is 2. The van der Waals surface area contributed by atoms with E-state index in [0.29, 0.717) is 11.7 Å². The minimum Gasteiger partial charge on any atom is -0.379 e. The van der Waals surface area contributed by atoms with Crippen molar-refractivity contribution < 1.29 is 4.74 Å². The van der Waals surface area contributed by atoms with Gasteiger partial charge in [-0.3, -0.25) is 9.69 Å². The van der Waals surface area contributed by atoms with E-state index >= 15 is 0 Å². The van der Waals surface area contributed by atoms with E-state index in [0.717, 1.165) is 61.4 Å². The van der Waals surface area contributed by atoms with E-state index in [1.165, 1.54) is 5.56 Å². The first-order valence-electron chi connectivity index (χ1n) is 9.38. The lowest BCUT2D eigenvalue weighted by molar-refractivity contribution is 0.0357. The molecule has 1 aromatic heterocycles. The Balaban J connectivity index is 1.80. The molecule has 3 rings (SSSR count). The Hall–Kier alpha value is -1.96. The van der Waals surface area contributed by atoms with Crippen molar-refractivity contribution in [1.82, 2.24) is 20.1 Å². The summed E-state index contributed by atoms with van der Waals surface area (Å²) in [6, 6.07) is 6.14. The van der Waals surface area contributed by atoms with Gasteiger partial charge in [0.15, 0.2) is 5.11 Å². The summed E-state index contributed by atoms with van der Waals surface area (Å²) < 4.78 is 5.41. The summed E-state index contributed by atoms with van der Waals surface area (Å²) in [5.41, 5.74) is 3.89. The second-order valence-electron chi connectivity index (χ2n) is 7.03. The number of aromatic nitrogens is 1. The maximum Gasteiger partial charge on any atom is 0.253 e.